The van der Waals surface area contributed by atoms with Crippen LogP contribution >= 0.6 is 0 Å². The molecule has 1 amide bonds. The van der Waals surface area contributed by atoms with E-state index in [-0.39, 0.29) is 11.8 Å². The van der Waals surface area contributed by atoms with Gasteiger partial charge < -0.3 is 34.3 Å². The summed E-state index contributed by atoms with van der Waals surface area (Å²) < 4.78 is 21.8. The van der Waals surface area contributed by atoms with Crippen LogP contribution in [0, 0.1) is 0 Å². The number of benzene rings is 4. The number of aliphatic carboxylic acids is 1. The standard InChI is InChI=1S/C30H30N4O3.C21H22N4O.C9H10O3/c1-21(37-25-8-4-3-5-9-25)30(35)34-17-13-22(14-18-34)28-27(24-7-6-10-26(19-24)36-2)20-32-29(33-28)23-11-15-31-16-12-23;1-26-18-4-2-3-17(13-18)19-14-24-21(16-7-11-23-12-8-16)25-20(19)15-5-9-22-10-6-15;1-7(9(10)11)12-8-5-3-2-4-6-8/h3-12,15-16,19-22H,13-14,17-18H2,1-2H3;2-4,7-8,11-15,22H,5-6,9-10H2,1H3;2-7H,1H3,(H,10,11). The van der Waals surface area contributed by atoms with Gasteiger partial charge in [-0.1, -0.05) is 60.7 Å². The first-order valence-corrected chi connectivity index (χ1v) is 25.2. The zero-order valence-electron chi connectivity index (χ0n) is 42.7. The Bertz CT molecular complexity index is 3070. The Kier molecular flexibility index (Phi) is 18.6. The monoisotopic (exact) mass is 1010 g/mol. The molecule has 0 saturated carbocycles. The fourth-order valence-electron chi connectivity index (χ4n) is 8.95. The van der Waals surface area contributed by atoms with Gasteiger partial charge in [0.25, 0.3) is 5.91 Å². The molecule has 2 unspecified atom stereocenters. The molecule has 8 aromatic rings. The normalized spacial score (nSPS) is 14.4. The highest BCUT2D eigenvalue weighted by Gasteiger charge is 2.30. The number of carboxylic acid groups (broad SMARTS) is 1. The molecule has 2 atom stereocenters. The molecule has 75 heavy (non-hydrogen) atoms. The van der Waals surface area contributed by atoms with Crippen molar-refractivity contribution in [2.75, 3.05) is 40.4 Å². The largest absolute Gasteiger partial charge is 0.497 e. The van der Waals surface area contributed by atoms with Gasteiger partial charge in [0.05, 0.1) is 25.6 Å². The molecule has 2 fully saturated rings. The van der Waals surface area contributed by atoms with Crippen molar-refractivity contribution in [1.82, 2.24) is 40.1 Å². The number of hydrogen-bond donors (Lipinski definition) is 2. The Morgan fingerprint density at radius 3 is 1.41 bits per heavy atom. The number of carbonyl (C=O) groups excluding carboxylic acids is 1. The van der Waals surface area contributed by atoms with Gasteiger partial charge in [-0.15, -0.1) is 0 Å². The number of likely N-dealkylation sites (tertiary alicyclic amines) is 1. The quantitative estimate of drug-likeness (QED) is 0.105. The van der Waals surface area contributed by atoms with E-state index in [1.165, 1.54) is 6.92 Å². The highest BCUT2D eigenvalue weighted by atomic mass is 16.5. The smallest absolute Gasteiger partial charge is 0.344 e. The van der Waals surface area contributed by atoms with Gasteiger partial charge in [0.2, 0.25) is 0 Å². The first-order chi connectivity index (χ1) is 36.7. The maximum Gasteiger partial charge on any atom is 0.344 e. The Balaban J connectivity index is 0.000000170. The lowest BCUT2D eigenvalue weighted by Gasteiger charge is -2.34. The summed E-state index contributed by atoms with van der Waals surface area (Å²) in [4.78, 5) is 53.0. The van der Waals surface area contributed by atoms with E-state index in [9.17, 15) is 9.59 Å². The third kappa shape index (κ3) is 14.4. The average Bonchev–Trinajstić information content (AvgIpc) is 3.48. The van der Waals surface area contributed by atoms with Gasteiger partial charge in [-0.2, -0.15) is 0 Å². The van der Waals surface area contributed by atoms with Gasteiger partial charge in [0.1, 0.15) is 23.0 Å². The fraction of sp³-hybridized carbons (Fsp3) is 0.267. The minimum absolute atomic E-state index is 0.00971. The second-order valence-electron chi connectivity index (χ2n) is 18.0. The molecule has 384 valence electrons. The molecule has 0 radical (unpaired) electrons. The topological polar surface area (TPSA) is 184 Å². The van der Waals surface area contributed by atoms with Crippen LogP contribution in [0.1, 0.15) is 62.8 Å². The summed E-state index contributed by atoms with van der Waals surface area (Å²) in [5.74, 6) is 4.01. The van der Waals surface area contributed by atoms with E-state index in [0.29, 0.717) is 36.3 Å². The number of carbonyl (C=O) groups is 2. The summed E-state index contributed by atoms with van der Waals surface area (Å²) in [6.07, 6.45) is 13.4. The highest BCUT2D eigenvalue weighted by molar-refractivity contribution is 5.81. The van der Waals surface area contributed by atoms with Crippen LogP contribution in [0.4, 0.5) is 0 Å². The molecule has 10 rings (SSSR count). The summed E-state index contributed by atoms with van der Waals surface area (Å²) in [5, 5.41) is 12.0. The molecule has 15 heteroatoms. The van der Waals surface area contributed by atoms with Gasteiger partial charge >= 0.3 is 5.97 Å². The van der Waals surface area contributed by atoms with Gasteiger partial charge in [0.15, 0.2) is 23.9 Å². The molecule has 2 aliphatic rings. The Morgan fingerprint density at radius 2 is 0.973 bits per heavy atom. The van der Waals surface area contributed by atoms with Crippen molar-refractivity contribution in [2.24, 2.45) is 0 Å². The minimum Gasteiger partial charge on any atom is -0.497 e. The number of amides is 1. The maximum absolute atomic E-state index is 13.1. The average molecular weight is 1010 g/mol. The lowest BCUT2D eigenvalue weighted by atomic mass is 9.88. The zero-order chi connectivity index (χ0) is 52.4. The maximum atomic E-state index is 13.1. The molecule has 6 heterocycles. The third-order valence-electron chi connectivity index (χ3n) is 13.0. The molecule has 4 aromatic heterocycles. The van der Waals surface area contributed by atoms with Gasteiger partial charge in [0, 0.05) is 84.4 Å². The van der Waals surface area contributed by atoms with Crippen molar-refractivity contribution < 1.29 is 33.6 Å². The molecule has 2 saturated heterocycles. The number of hydrogen-bond acceptors (Lipinski definition) is 13. The number of nitrogens with zero attached hydrogens (tertiary/aromatic N) is 7. The number of aromatic nitrogens is 6. The Labute approximate surface area is 438 Å². The number of rotatable bonds is 14. The Morgan fingerprint density at radius 1 is 0.547 bits per heavy atom. The molecule has 15 nitrogen and oxygen atoms in total. The van der Waals surface area contributed by atoms with Crippen LogP contribution in [0.3, 0.4) is 0 Å². The SMILES string of the molecule is CC(Oc1ccccc1)C(=O)O.COc1cccc(-c2cnc(-c3ccncc3)nc2C2CCN(C(=O)C(C)Oc3ccccc3)CC2)c1.COc1cccc(-c2cnc(-c3ccncc3)nc2C2CCNCC2)c1. The lowest BCUT2D eigenvalue weighted by Crippen LogP contribution is -2.44. The first kappa shape index (κ1) is 52.8. The minimum atomic E-state index is -0.959. The molecule has 0 spiro atoms. The highest BCUT2D eigenvalue weighted by Crippen LogP contribution is 2.37. The summed E-state index contributed by atoms with van der Waals surface area (Å²) in [7, 11) is 3.36. The summed E-state index contributed by atoms with van der Waals surface area (Å²) in [6, 6.07) is 42.2. The van der Waals surface area contributed by atoms with Crippen LogP contribution in [0.25, 0.3) is 45.0 Å². The molecule has 0 bridgehead atoms. The predicted molar refractivity (Wildman–Crippen MR) is 289 cm³/mol. The number of pyridine rings is 2. The zero-order valence-corrected chi connectivity index (χ0v) is 42.7. The van der Waals surface area contributed by atoms with Gasteiger partial charge in [-0.3, -0.25) is 14.8 Å². The molecule has 2 aliphatic heterocycles. The van der Waals surface area contributed by atoms with Crippen LogP contribution in [0.2, 0.25) is 0 Å². The Hall–Kier alpha value is -8.56. The van der Waals surface area contributed by atoms with Crippen LogP contribution in [-0.2, 0) is 9.59 Å². The predicted octanol–water partition coefficient (Wildman–Crippen LogP) is 10.6. The van der Waals surface area contributed by atoms with E-state index in [1.54, 1.807) is 63.3 Å². The van der Waals surface area contributed by atoms with Crippen molar-refractivity contribution in [1.29, 1.82) is 0 Å². The third-order valence-corrected chi connectivity index (χ3v) is 13.0. The number of piperidine rings is 2. The van der Waals surface area contributed by atoms with Gasteiger partial charge in [-0.05, 0) is 137 Å². The van der Waals surface area contributed by atoms with Crippen molar-refractivity contribution in [2.45, 2.75) is 63.6 Å². The van der Waals surface area contributed by atoms with E-state index in [1.807, 2.05) is 115 Å². The second kappa shape index (κ2) is 26.4. The van der Waals surface area contributed by atoms with E-state index in [0.717, 1.165) is 101 Å². The van der Waals surface area contributed by atoms with Crippen molar-refractivity contribution in [3.8, 4) is 68.0 Å². The van der Waals surface area contributed by atoms with Crippen molar-refractivity contribution in [3.63, 3.8) is 0 Å². The number of para-hydroxylation sites is 2. The van der Waals surface area contributed by atoms with E-state index in [4.69, 9.17) is 34.0 Å². The van der Waals surface area contributed by atoms with Gasteiger partial charge in [-0.25, -0.2) is 24.7 Å². The molecular formula is C60H62N8O7. The summed E-state index contributed by atoms with van der Waals surface area (Å²) in [6.45, 7) is 6.66. The summed E-state index contributed by atoms with van der Waals surface area (Å²) in [5.41, 5.74) is 8.23. The van der Waals surface area contributed by atoms with Crippen LogP contribution in [-0.4, -0.2) is 104 Å². The first-order valence-electron chi connectivity index (χ1n) is 25.2. The van der Waals surface area contributed by atoms with Crippen LogP contribution < -0.4 is 24.3 Å². The number of methoxy groups -OCH3 is 2. The van der Waals surface area contributed by atoms with E-state index in [2.05, 4.69) is 43.5 Å². The molecule has 4 aromatic carbocycles. The lowest BCUT2D eigenvalue weighted by molar-refractivity contribution is -0.144. The fourth-order valence-corrected chi connectivity index (χ4v) is 8.95. The van der Waals surface area contributed by atoms with Crippen molar-refractivity contribution in [3.05, 3.63) is 182 Å². The molecule has 2 N–H and O–H groups in total. The van der Waals surface area contributed by atoms with E-state index < -0.39 is 18.2 Å². The number of ether oxygens (including phenoxy) is 4. The summed E-state index contributed by atoms with van der Waals surface area (Å²) >= 11 is 0. The number of nitrogens with one attached hydrogen (secondary N) is 1. The van der Waals surface area contributed by atoms with Crippen LogP contribution in [0.15, 0.2) is 171 Å². The molecule has 0 aliphatic carbocycles. The molecular weight excluding hydrogens is 945 g/mol. The van der Waals surface area contributed by atoms with Crippen molar-refractivity contribution >= 4 is 11.9 Å². The van der Waals surface area contributed by atoms with Crippen LogP contribution in [0.5, 0.6) is 23.0 Å². The number of carboxylic acids is 1. The van der Waals surface area contributed by atoms with E-state index >= 15 is 0 Å². The second-order valence-corrected chi connectivity index (χ2v) is 18.0.